The van der Waals surface area contributed by atoms with E-state index >= 15 is 0 Å². The Morgan fingerprint density at radius 2 is 2.04 bits per heavy atom. The first-order valence-corrected chi connectivity index (χ1v) is 8.39. The van der Waals surface area contributed by atoms with Crippen LogP contribution >= 0.6 is 24.0 Å². The van der Waals surface area contributed by atoms with Crippen LogP contribution in [0.4, 0.5) is 10.6 Å². The number of piperazine rings is 1. The largest absolute Gasteiger partial charge is 0.354 e. The van der Waals surface area contributed by atoms with E-state index in [4.69, 9.17) is 0 Å². The summed E-state index contributed by atoms with van der Waals surface area (Å²) in [6.45, 7) is 4.29. The van der Waals surface area contributed by atoms with E-state index < -0.39 is 0 Å². The molecule has 2 fully saturated rings. The number of rotatable bonds is 4. The molecule has 0 aliphatic carbocycles. The van der Waals surface area contributed by atoms with Crippen LogP contribution in [0.3, 0.4) is 0 Å². The topological polar surface area (TPSA) is 93.2 Å². The molecule has 0 bridgehead atoms. The minimum atomic E-state index is -0.328. The Hall–Kier alpha value is -2.11. The number of nitrogens with one attached hydrogen (secondary N) is 2. The molecule has 142 valence electrons. The van der Waals surface area contributed by atoms with Gasteiger partial charge in [-0.1, -0.05) is 6.07 Å². The molecular weight excluding hydrogens is 449 g/mol. The Morgan fingerprint density at radius 1 is 1.27 bits per heavy atom. The maximum atomic E-state index is 11.6. The summed E-state index contributed by atoms with van der Waals surface area (Å²) in [5.74, 6) is 1.59. The molecular formula is C16H24IN7O2. The van der Waals surface area contributed by atoms with Gasteiger partial charge in [0.25, 0.3) is 0 Å². The minimum Gasteiger partial charge on any atom is -0.354 e. The van der Waals surface area contributed by atoms with Crippen molar-refractivity contribution in [3.05, 3.63) is 24.4 Å². The first kappa shape index (κ1) is 20.2. The van der Waals surface area contributed by atoms with Crippen LogP contribution in [-0.2, 0) is 4.79 Å². The molecule has 2 aliphatic rings. The molecule has 0 radical (unpaired) electrons. The molecule has 9 nitrogen and oxygen atoms in total. The molecule has 0 aromatic carbocycles. The van der Waals surface area contributed by atoms with Gasteiger partial charge in [0.05, 0.1) is 6.54 Å². The number of hydrogen-bond donors (Lipinski definition) is 2. The number of nitrogens with zero attached hydrogens (tertiary/aromatic N) is 5. The number of urea groups is 1. The first-order chi connectivity index (χ1) is 12.2. The van der Waals surface area contributed by atoms with E-state index in [-0.39, 0.29) is 42.5 Å². The molecule has 0 atom stereocenters. The fourth-order valence-electron chi connectivity index (χ4n) is 2.98. The zero-order valence-corrected chi connectivity index (χ0v) is 17.1. The molecule has 3 amide bonds. The summed E-state index contributed by atoms with van der Waals surface area (Å²) >= 11 is 0. The highest BCUT2D eigenvalue weighted by atomic mass is 127. The molecule has 10 heteroatoms. The van der Waals surface area contributed by atoms with Crippen LogP contribution in [0.5, 0.6) is 0 Å². The maximum absolute atomic E-state index is 11.6. The zero-order valence-electron chi connectivity index (χ0n) is 14.7. The van der Waals surface area contributed by atoms with Gasteiger partial charge in [-0.25, -0.2) is 9.78 Å². The molecule has 26 heavy (non-hydrogen) atoms. The van der Waals surface area contributed by atoms with Crippen LogP contribution in [0.25, 0.3) is 0 Å². The van der Waals surface area contributed by atoms with Gasteiger partial charge in [-0.3, -0.25) is 14.7 Å². The summed E-state index contributed by atoms with van der Waals surface area (Å²) in [4.78, 5) is 37.4. The predicted molar refractivity (Wildman–Crippen MR) is 110 cm³/mol. The van der Waals surface area contributed by atoms with E-state index in [1.807, 2.05) is 18.2 Å². The second-order valence-corrected chi connectivity index (χ2v) is 5.84. The average molecular weight is 473 g/mol. The molecule has 0 unspecified atom stereocenters. The Bertz CT molecular complexity index is 631. The number of carbonyl (C=O) groups excluding carboxylic acids is 2. The number of aromatic nitrogens is 1. The van der Waals surface area contributed by atoms with Crippen LogP contribution in [0.2, 0.25) is 0 Å². The normalized spacial score (nSPS) is 17.9. The summed E-state index contributed by atoms with van der Waals surface area (Å²) in [6, 6.07) is 5.59. The van der Waals surface area contributed by atoms with Gasteiger partial charge in [0.1, 0.15) is 5.82 Å². The van der Waals surface area contributed by atoms with Crippen molar-refractivity contribution in [1.29, 1.82) is 0 Å². The van der Waals surface area contributed by atoms with Crippen LogP contribution in [0, 0.1) is 0 Å². The second-order valence-electron chi connectivity index (χ2n) is 5.84. The predicted octanol–water partition coefficient (Wildman–Crippen LogP) is -0.0512. The fraction of sp³-hybridized carbons (Fsp3) is 0.500. The minimum absolute atomic E-state index is 0. The number of imide groups is 1. The fourth-order valence-corrected chi connectivity index (χ4v) is 2.98. The quantitative estimate of drug-likeness (QED) is 0.276. The Balaban J connectivity index is 0.00000243. The van der Waals surface area contributed by atoms with Crippen molar-refractivity contribution >= 4 is 47.7 Å². The molecule has 0 saturated carbocycles. The summed E-state index contributed by atoms with van der Waals surface area (Å²) in [7, 11) is 1.74. The molecule has 0 spiro atoms. The third kappa shape index (κ3) is 4.74. The van der Waals surface area contributed by atoms with E-state index in [0.717, 1.165) is 38.0 Å². The molecule has 2 N–H and O–H groups in total. The van der Waals surface area contributed by atoms with Gasteiger partial charge in [0, 0.05) is 52.5 Å². The number of pyridine rings is 1. The van der Waals surface area contributed by atoms with Gasteiger partial charge in [-0.05, 0) is 12.1 Å². The second kappa shape index (κ2) is 9.55. The number of hydrogen-bond acceptors (Lipinski definition) is 5. The Morgan fingerprint density at radius 3 is 2.62 bits per heavy atom. The lowest BCUT2D eigenvalue weighted by Gasteiger charge is -2.37. The average Bonchev–Trinajstić information content (AvgIpc) is 2.98. The summed E-state index contributed by atoms with van der Waals surface area (Å²) < 4.78 is 0. The molecule has 2 saturated heterocycles. The summed E-state index contributed by atoms with van der Waals surface area (Å²) in [5, 5.41) is 5.74. The van der Waals surface area contributed by atoms with Gasteiger partial charge in [-0.15, -0.1) is 24.0 Å². The first-order valence-electron chi connectivity index (χ1n) is 8.39. The number of anilines is 1. The molecule has 2 aliphatic heterocycles. The number of guanidine groups is 1. The van der Waals surface area contributed by atoms with Gasteiger partial charge < -0.3 is 20.4 Å². The van der Waals surface area contributed by atoms with Crippen LogP contribution in [-0.4, -0.2) is 85.5 Å². The van der Waals surface area contributed by atoms with E-state index in [2.05, 4.69) is 30.4 Å². The van der Waals surface area contributed by atoms with Crippen molar-refractivity contribution in [1.82, 2.24) is 25.4 Å². The Kier molecular flexibility index (Phi) is 7.42. The van der Waals surface area contributed by atoms with Gasteiger partial charge in [-0.2, -0.15) is 0 Å². The van der Waals surface area contributed by atoms with Crippen LogP contribution < -0.4 is 15.5 Å². The third-order valence-corrected chi connectivity index (χ3v) is 4.32. The number of carbonyl (C=O) groups is 2. The highest BCUT2D eigenvalue weighted by Gasteiger charge is 2.28. The van der Waals surface area contributed by atoms with Gasteiger partial charge in [0.15, 0.2) is 5.96 Å². The van der Waals surface area contributed by atoms with Crippen molar-refractivity contribution in [3.8, 4) is 0 Å². The number of halogens is 1. The van der Waals surface area contributed by atoms with E-state index in [0.29, 0.717) is 13.1 Å². The Labute approximate surface area is 169 Å². The third-order valence-electron chi connectivity index (χ3n) is 4.32. The molecule has 3 rings (SSSR count). The summed E-state index contributed by atoms with van der Waals surface area (Å²) in [6.07, 6.45) is 1.80. The lowest BCUT2D eigenvalue weighted by Crippen LogP contribution is -2.53. The van der Waals surface area contributed by atoms with Gasteiger partial charge in [0.2, 0.25) is 5.91 Å². The number of aliphatic imine (C=N–C) groups is 1. The molecule has 1 aromatic rings. The van der Waals surface area contributed by atoms with E-state index in [9.17, 15) is 9.59 Å². The van der Waals surface area contributed by atoms with Crippen LogP contribution in [0.15, 0.2) is 29.4 Å². The lowest BCUT2D eigenvalue weighted by molar-refractivity contribution is -0.124. The van der Waals surface area contributed by atoms with E-state index in [1.54, 1.807) is 13.2 Å². The zero-order chi connectivity index (χ0) is 17.6. The van der Waals surface area contributed by atoms with Gasteiger partial charge >= 0.3 is 6.03 Å². The smallest absolute Gasteiger partial charge is 0.324 e. The van der Waals surface area contributed by atoms with E-state index in [1.165, 1.54) is 4.90 Å². The monoisotopic (exact) mass is 473 g/mol. The highest BCUT2D eigenvalue weighted by Crippen LogP contribution is 2.12. The van der Waals surface area contributed by atoms with Crippen molar-refractivity contribution in [3.63, 3.8) is 0 Å². The van der Waals surface area contributed by atoms with Crippen molar-refractivity contribution in [2.45, 2.75) is 0 Å². The summed E-state index contributed by atoms with van der Waals surface area (Å²) in [5.41, 5.74) is 0. The lowest BCUT2D eigenvalue weighted by atomic mass is 10.3. The standard InChI is InChI=1S/C16H23N7O2.HI/c1-17-15(19-6-7-23-14(24)12-20-16(23)25)22-10-8-21(9-11-22)13-4-2-3-5-18-13;/h2-5H,6-12H2,1H3,(H,17,19)(H,20,25);1H. The SMILES string of the molecule is CN=C(NCCN1C(=O)CNC1=O)N1CCN(c2ccccn2)CC1.I. The van der Waals surface area contributed by atoms with Crippen molar-refractivity contribution in [2.75, 3.05) is 57.8 Å². The molecule has 3 heterocycles. The van der Waals surface area contributed by atoms with Crippen molar-refractivity contribution in [2.24, 2.45) is 4.99 Å². The van der Waals surface area contributed by atoms with Crippen LogP contribution in [0.1, 0.15) is 0 Å². The highest BCUT2D eigenvalue weighted by molar-refractivity contribution is 14.0. The molecule has 1 aromatic heterocycles. The van der Waals surface area contributed by atoms with Crippen molar-refractivity contribution < 1.29 is 9.59 Å². The maximum Gasteiger partial charge on any atom is 0.324 e. The number of amides is 3.